The molecule has 0 aliphatic heterocycles. The van der Waals surface area contributed by atoms with E-state index in [1.807, 2.05) is 25.1 Å². The van der Waals surface area contributed by atoms with Crippen LogP contribution in [0.5, 0.6) is 0 Å². The van der Waals surface area contributed by atoms with Crippen molar-refractivity contribution in [3.63, 3.8) is 0 Å². The molecule has 0 N–H and O–H groups in total. The number of aryl methyl sites for hydroxylation is 1. The fourth-order valence-electron chi connectivity index (χ4n) is 2.39. The molecule has 4 heteroatoms. The van der Waals surface area contributed by atoms with Gasteiger partial charge in [-0.1, -0.05) is 25.1 Å². The molecule has 0 atom stereocenters. The van der Waals surface area contributed by atoms with E-state index in [2.05, 4.69) is 24.9 Å². The Bertz CT molecular complexity index is 640. The molecular weight excluding hydrogens is 282 g/mol. The molecule has 0 saturated heterocycles. The SMILES string of the molecule is CCOC(=O)CCSc1c(CC)c(C)nc2ccccc12. The number of hydrogen-bond acceptors (Lipinski definition) is 4. The van der Waals surface area contributed by atoms with Crippen LogP contribution in [-0.4, -0.2) is 23.3 Å². The van der Waals surface area contributed by atoms with Crippen molar-refractivity contribution in [2.24, 2.45) is 0 Å². The van der Waals surface area contributed by atoms with Gasteiger partial charge in [0.2, 0.25) is 0 Å². The molecule has 2 aromatic rings. The topological polar surface area (TPSA) is 39.2 Å². The average molecular weight is 303 g/mol. The number of esters is 1. The van der Waals surface area contributed by atoms with Gasteiger partial charge in [0, 0.05) is 21.7 Å². The van der Waals surface area contributed by atoms with Crippen molar-refractivity contribution in [2.75, 3.05) is 12.4 Å². The van der Waals surface area contributed by atoms with E-state index in [0.717, 1.165) is 23.4 Å². The molecule has 0 unspecified atom stereocenters. The number of thioether (sulfide) groups is 1. The third-order valence-electron chi connectivity index (χ3n) is 3.36. The third kappa shape index (κ3) is 3.76. The largest absolute Gasteiger partial charge is 0.466 e. The van der Waals surface area contributed by atoms with Gasteiger partial charge in [-0.15, -0.1) is 11.8 Å². The number of ether oxygens (including phenoxy) is 1. The number of fused-ring (bicyclic) bond motifs is 1. The van der Waals surface area contributed by atoms with Gasteiger partial charge in [-0.25, -0.2) is 0 Å². The van der Waals surface area contributed by atoms with Gasteiger partial charge >= 0.3 is 5.97 Å². The van der Waals surface area contributed by atoms with E-state index < -0.39 is 0 Å². The Morgan fingerprint density at radius 2 is 2.05 bits per heavy atom. The molecule has 0 aliphatic rings. The molecule has 0 fully saturated rings. The molecule has 0 aliphatic carbocycles. The summed E-state index contributed by atoms with van der Waals surface area (Å²) < 4.78 is 4.98. The Labute approximate surface area is 130 Å². The van der Waals surface area contributed by atoms with Crippen LogP contribution in [0.4, 0.5) is 0 Å². The molecule has 21 heavy (non-hydrogen) atoms. The summed E-state index contributed by atoms with van der Waals surface area (Å²) in [6, 6.07) is 8.19. The molecule has 1 aromatic heterocycles. The number of aromatic nitrogens is 1. The second-order valence-corrected chi connectivity index (χ2v) is 5.88. The predicted molar refractivity (Wildman–Crippen MR) is 87.8 cm³/mol. The molecule has 112 valence electrons. The third-order valence-corrected chi connectivity index (χ3v) is 4.52. The molecular formula is C17H21NO2S. The van der Waals surface area contributed by atoms with Gasteiger partial charge in [-0.2, -0.15) is 0 Å². The minimum Gasteiger partial charge on any atom is -0.466 e. The molecule has 3 nitrogen and oxygen atoms in total. The van der Waals surface area contributed by atoms with Crippen molar-refractivity contribution in [2.45, 2.75) is 38.5 Å². The zero-order valence-electron chi connectivity index (χ0n) is 12.8. The molecule has 0 radical (unpaired) electrons. The predicted octanol–water partition coefficient (Wildman–Crippen LogP) is 4.15. The Kier molecular flexibility index (Phi) is 5.62. The van der Waals surface area contributed by atoms with Crippen molar-refractivity contribution >= 4 is 28.6 Å². The van der Waals surface area contributed by atoms with Crippen molar-refractivity contribution in [3.05, 3.63) is 35.5 Å². The Hall–Kier alpha value is -1.55. The van der Waals surface area contributed by atoms with Gasteiger partial charge in [-0.05, 0) is 31.9 Å². The molecule has 1 heterocycles. The van der Waals surface area contributed by atoms with Crippen molar-refractivity contribution in [1.29, 1.82) is 0 Å². The Balaban J connectivity index is 2.26. The highest BCUT2D eigenvalue weighted by atomic mass is 32.2. The maximum absolute atomic E-state index is 11.5. The van der Waals surface area contributed by atoms with Gasteiger partial charge in [-0.3, -0.25) is 9.78 Å². The summed E-state index contributed by atoms with van der Waals surface area (Å²) in [4.78, 5) is 17.4. The van der Waals surface area contributed by atoms with Gasteiger partial charge in [0.1, 0.15) is 0 Å². The van der Waals surface area contributed by atoms with Gasteiger partial charge in [0.15, 0.2) is 0 Å². The van der Waals surface area contributed by atoms with E-state index in [1.165, 1.54) is 15.8 Å². The van der Waals surface area contributed by atoms with Crippen LogP contribution in [0.2, 0.25) is 0 Å². The highest BCUT2D eigenvalue weighted by molar-refractivity contribution is 7.99. The van der Waals surface area contributed by atoms with Crippen LogP contribution < -0.4 is 0 Å². The number of para-hydroxylation sites is 1. The van der Waals surface area contributed by atoms with E-state index in [4.69, 9.17) is 4.74 Å². The normalized spacial score (nSPS) is 10.8. The summed E-state index contributed by atoms with van der Waals surface area (Å²) in [5.74, 6) is 0.609. The Morgan fingerprint density at radius 1 is 1.29 bits per heavy atom. The summed E-state index contributed by atoms with van der Waals surface area (Å²) in [6.45, 7) is 6.48. The van der Waals surface area contributed by atoms with E-state index >= 15 is 0 Å². The summed E-state index contributed by atoms with van der Waals surface area (Å²) in [6.07, 6.45) is 1.39. The second-order valence-electron chi connectivity index (χ2n) is 4.78. The smallest absolute Gasteiger partial charge is 0.306 e. The first-order valence-corrected chi connectivity index (χ1v) is 8.32. The molecule has 2 rings (SSSR count). The molecule has 0 amide bonds. The number of pyridine rings is 1. The highest BCUT2D eigenvalue weighted by Gasteiger charge is 2.12. The monoisotopic (exact) mass is 303 g/mol. The van der Waals surface area contributed by atoms with E-state index in [1.54, 1.807) is 11.8 Å². The van der Waals surface area contributed by atoms with Gasteiger partial charge in [0.25, 0.3) is 0 Å². The second kappa shape index (κ2) is 7.46. The quantitative estimate of drug-likeness (QED) is 0.593. The van der Waals surface area contributed by atoms with Gasteiger partial charge in [0.05, 0.1) is 18.5 Å². The standard InChI is InChI=1S/C17H21NO2S/c1-4-13-12(3)18-15-9-7-6-8-14(15)17(13)21-11-10-16(19)20-5-2/h6-9H,4-5,10-11H2,1-3H3. The van der Waals surface area contributed by atoms with Gasteiger partial charge < -0.3 is 4.74 Å². The van der Waals surface area contributed by atoms with E-state index in [0.29, 0.717) is 13.0 Å². The number of carbonyl (C=O) groups is 1. The number of hydrogen-bond donors (Lipinski definition) is 0. The zero-order valence-corrected chi connectivity index (χ0v) is 13.6. The van der Waals surface area contributed by atoms with Crippen LogP contribution in [0.1, 0.15) is 31.5 Å². The minimum atomic E-state index is -0.127. The molecule has 0 bridgehead atoms. The maximum atomic E-state index is 11.5. The fourth-order valence-corrected chi connectivity index (χ4v) is 3.66. The van der Waals surface area contributed by atoms with Crippen molar-refractivity contribution < 1.29 is 9.53 Å². The molecule has 0 spiro atoms. The summed E-state index contributed by atoms with van der Waals surface area (Å²) in [5.41, 5.74) is 3.38. The number of carbonyl (C=O) groups excluding carboxylic acids is 1. The summed E-state index contributed by atoms with van der Waals surface area (Å²) >= 11 is 1.73. The number of rotatable bonds is 6. The minimum absolute atomic E-state index is 0.127. The lowest BCUT2D eigenvalue weighted by Gasteiger charge is -2.13. The van der Waals surface area contributed by atoms with Crippen LogP contribution in [0.3, 0.4) is 0 Å². The van der Waals surface area contributed by atoms with Crippen molar-refractivity contribution in [1.82, 2.24) is 4.98 Å². The van der Waals surface area contributed by atoms with Crippen LogP contribution >= 0.6 is 11.8 Å². The fraction of sp³-hybridized carbons (Fsp3) is 0.412. The Morgan fingerprint density at radius 3 is 2.76 bits per heavy atom. The lowest BCUT2D eigenvalue weighted by atomic mass is 10.1. The summed E-state index contributed by atoms with van der Waals surface area (Å²) in [5, 5.41) is 1.17. The lowest BCUT2D eigenvalue weighted by molar-refractivity contribution is -0.142. The van der Waals surface area contributed by atoms with Crippen LogP contribution in [0.25, 0.3) is 10.9 Å². The zero-order chi connectivity index (χ0) is 15.2. The first kappa shape index (κ1) is 15.8. The van der Waals surface area contributed by atoms with Crippen LogP contribution in [0.15, 0.2) is 29.2 Å². The average Bonchev–Trinajstić information content (AvgIpc) is 2.47. The molecule has 0 saturated carbocycles. The maximum Gasteiger partial charge on any atom is 0.306 e. The lowest BCUT2D eigenvalue weighted by Crippen LogP contribution is -2.05. The van der Waals surface area contributed by atoms with E-state index in [9.17, 15) is 4.79 Å². The summed E-state index contributed by atoms with van der Waals surface area (Å²) in [7, 11) is 0. The first-order valence-electron chi connectivity index (χ1n) is 7.34. The number of benzene rings is 1. The molecule has 1 aromatic carbocycles. The van der Waals surface area contributed by atoms with E-state index in [-0.39, 0.29) is 5.97 Å². The first-order chi connectivity index (χ1) is 10.2. The van der Waals surface area contributed by atoms with Crippen LogP contribution in [-0.2, 0) is 16.0 Å². The van der Waals surface area contributed by atoms with Crippen molar-refractivity contribution in [3.8, 4) is 0 Å². The number of nitrogens with zero attached hydrogens (tertiary/aromatic N) is 1. The van der Waals surface area contributed by atoms with Crippen LogP contribution in [0, 0.1) is 6.92 Å². The highest BCUT2D eigenvalue weighted by Crippen LogP contribution is 2.33.